The molecule has 116 valence electrons. The lowest BCUT2D eigenvalue weighted by Gasteiger charge is -2.17. The fourth-order valence-corrected chi connectivity index (χ4v) is 2.03. The van der Waals surface area contributed by atoms with Crippen LogP contribution in [0.1, 0.15) is 30.1 Å². The van der Waals surface area contributed by atoms with Gasteiger partial charge < -0.3 is 10.2 Å². The number of benzene rings is 1. The fourth-order valence-electron chi connectivity index (χ4n) is 2.03. The Morgan fingerprint density at radius 3 is 2.77 bits per heavy atom. The van der Waals surface area contributed by atoms with Gasteiger partial charge in [0.05, 0.1) is 11.9 Å². The Bertz CT molecular complexity index is 628. The molecule has 2 rings (SSSR count). The van der Waals surface area contributed by atoms with Gasteiger partial charge in [0.2, 0.25) is 0 Å². The van der Waals surface area contributed by atoms with Crippen molar-refractivity contribution in [1.29, 1.82) is 0 Å². The standard InChI is InChI=1S/C17H20FN3O/c1-3-4-10-21(2)16-9-8-15(12-19-16)20-17(22)13-6-5-7-14(18)11-13/h5-9,11-12H,3-4,10H2,1-2H3,(H,20,22). The van der Waals surface area contributed by atoms with Gasteiger partial charge in [0.25, 0.3) is 5.91 Å². The first-order chi connectivity index (χ1) is 10.6. The lowest BCUT2D eigenvalue weighted by molar-refractivity contribution is 0.102. The van der Waals surface area contributed by atoms with Gasteiger partial charge in [-0.05, 0) is 36.8 Å². The molecule has 0 aliphatic heterocycles. The van der Waals surface area contributed by atoms with Crippen molar-refractivity contribution in [2.24, 2.45) is 0 Å². The third kappa shape index (κ3) is 4.28. The van der Waals surface area contributed by atoms with E-state index < -0.39 is 5.82 Å². The molecule has 1 N–H and O–H groups in total. The molecule has 0 bridgehead atoms. The summed E-state index contributed by atoms with van der Waals surface area (Å²) in [5.41, 5.74) is 0.867. The minimum absolute atomic E-state index is 0.282. The second kappa shape index (κ2) is 7.54. The minimum atomic E-state index is -0.432. The molecule has 4 nitrogen and oxygen atoms in total. The maximum atomic E-state index is 13.1. The molecule has 0 unspecified atom stereocenters. The van der Waals surface area contributed by atoms with Crippen molar-refractivity contribution < 1.29 is 9.18 Å². The number of aromatic nitrogens is 1. The van der Waals surface area contributed by atoms with Crippen molar-refractivity contribution in [3.05, 3.63) is 54.0 Å². The molecule has 0 atom stereocenters. The Morgan fingerprint density at radius 1 is 1.32 bits per heavy atom. The van der Waals surface area contributed by atoms with Gasteiger partial charge in [-0.25, -0.2) is 9.37 Å². The quantitative estimate of drug-likeness (QED) is 0.884. The lowest BCUT2D eigenvalue weighted by atomic mass is 10.2. The first-order valence-corrected chi connectivity index (χ1v) is 7.34. The number of anilines is 2. The van der Waals surface area contributed by atoms with Crippen LogP contribution in [-0.4, -0.2) is 24.5 Å². The molecule has 22 heavy (non-hydrogen) atoms. The zero-order valence-corrected chi connectivity index (χ0v) is 12.8. The summed E-state index contributed by atoms with van der Waals surface area (Å²) in [6, 6.07) is 9.24. The number of nitrogens with one attached hydrogen (secondary N) is 1. The van der Waals surface area contributed by atoms with E-state index in [9.17, 15) is 9.18 Å². The summed E-state index contributed by atoms with van der Waals surface area (Å²) in [6.45, 7) is 3.09. The van der Waals surface area contributed by atoms with E-state index in [1.807, 2.05) is 13.1 Å². The van der Waals surface area contributed by atoms with E-state index in [0.29, 0.717) is 5.69 Å². The second-order valence-corrected chi connectivity index (χ2v) is 5.14. The van der Waals surface area contributed by atoms with Gasteiger partial charge in [-0.15, -0.1) is 0 Å². The first kappa shape index (κ1) is 15.9. The summed E-state index contributed by atoms with van der Waals surface area (Å²) in [6.07, 6.45) is 3.84. The summed E-state index contributed by atoms with van der Waals surface area (Å²) in [4.78, 5) is 18.4. The molecule has 5 heteroatoms. The van der Waals surface area contributed by atoms with Crippen LogP contribution in [0.15, 0.2) is 42.6 Å². The highest BCUT2D eigenvalue weighted by Gasteiger charge is 2.08. The molecule has 0 saturated carbocycles. The highest BCUT2D eigenvalue weighted by atomic mass is 19.1. The number of carbonyl (C=O) groups excluding carboxylic acids is 1. The second-order valence-electron chi connectivity index (χ2n) is 5.14. The highest BCUT2D eigenvalue weighted by molar-refractivity contribution is 6.04. The molecule has 0 aliphatic carbocycles. The molecule has 0 spiro atoms. The Balaban J connectivity index is 2.00. The Hall–Kier alpha value is -2.43. The molecule has 1 heterocycles. The zero-order chi connectivity index (χ0) is 15.9. The SMILES string of the molecule is CCCCN(C)c1ccc(NC(=O)c2cccc(F)c2)cn1. The van der Waals surface area contributed by atoms with Gasteiger partial charge in [0.15, 0.2) is 0 Å². The number of unbranched alkanes of at least 4 members (excludes halogenated alkanes) is 1. The number of pyridine rings is 1. The highest BCUT2D eigenvalue weighted by Crippen LogP contribution is 2.14. The molecule has 1 aromatic carbocycles. The van der Waals surface area contributed by atoms with Gasteiger partial charge in [-0.1, -0.05) is 19.4 Å². The van der Waals surface area contributed by atoms with E-state index in [-0.39, 0.29) is 11.5 Å². The van der Waals surface area contributed by atoms with E-state index in [1.54, 1.807) is 18.3 Å². The van der Waals surface area contributed by atoms with E-state index in [0.717, 1.165) is 25.2 Å². The minimum Gasteiger partial charge on any atom is -0.360 e. The number of carbonyl (C=O) groups is 1. The number of hydrogen-bond donors (Lipinski definition) is 1. The number of amides is 1. The fraction of sp³-hybridized carbons (Fsp3) is 0.294. The van der Waals surface area contributed by atoms with E-state index >= 15 is 0 Å². The van der Waals surface area contributed by atoms with Crippen LogP contribution in [0.5, 0.6) is 0 Å². The number of hydrogen-bond acceptors (Lipinski definition) is 3. The Kier molecular flexibility index (Phi) is 5.47. The molecular formula is C17H20FN3O. The monoisotopic (exact) mass is 301 g/mol. The zero-order valence-electron chi connectivity index (χ0n) is 12.8. The number of nitrogens with zero attached hydrogens (tertiary/aromatic N) is 2. The maximum Gasteiger partial charge on any atom is 0.255 e. The predicted octanol–water partition coefficient (Wildman–Crippen LogP) is 3.71. The van der Waals surface area contributed by atoms with E-state index in [2.05, 4.69) is 22.1 Å². The average Bonchev–Trinajstić information content (AvgIpc) is 2.53. The molecule has 1 amide bonds. The van der Waals surface area contributed by atoms with Crippen LogP contribution < -0.4 is 10.2 Å². The van der Waals surface area contributed by atoms with Crippen molar-refractivity contribution in [3.8, 4) is 0 Å². The van der Waals surface area contributed by atoms with Crippen molar-refractivity contribution in [1.82, 2.24) is 4.98 Å². The molecular weight excluding hydrogens is 281 g/mol. The van der Waals surface area contributed by atoms with Crippen LogP contribution in [0.4, 0.5) is 15.9 Å². The number of rotatable bonds is 6. The van der Waals surface area contributed by atoms with Crippen LogP contribution >= 0.6 is 0 Å². The van der Waals surface area contributed by atoms with E-state index in [1.165, 1.54) is 18.2 Å². The molecule has 2 aromatic rings. The molecule has 0 radical (unpaired) electrons. The summed E-state index contributed by atoms with van der Waals surface area (Å²) in [5, 5.41) is 2.71. The Morgan fingerprint density at radius 2 is 2.14 bits per heavy atom. The van der Waals surface area contributed by atoms with Gasteiger partial charge in [-0.2, -0.15) is 0 Å². The molecule has 1 aromatic heterocycles. The average molecular weight is 301 g/mol. The summed E-state index contributed by atoms with van der Waals surface area (Å²) < 4.78 is 13.1. The van der Waals surface area contributed by atoms with Crippen molar-refractivity contribution in [3.63, 3.8) is 0 Å². The lowest BCUT2D eigenvalue weighted by Crippen LogP contribution is -2.19. The largest absolute Gasteiger partial charge is 0.360 e. The van der Waals surface area contributed by atoms with Gasteiger partial charge in [-0.3, -0.25) is 4.79 Å². The number of halogens is 1. The van der Waals surface area contributed by atoms with Crippen molar-refractivity contribution in [2.75, 3.05) is 23.8 Å². The maximum absolute atomic E-state index is 13.1. The van der Waals surface area contributed by atoms with Crippen LogP contribution in [0, 0.1) is 5.82 Å². The Labute approximate surface area is 130 Å². The van der Waals surface area contributed by atoms with Crippen LogP contribution in [0.3, 0.4) is 0 Å². The van der Waals surface area contributed by atoms with Crippen LogP contribution in [0.2, 0.25) is 0 Å². The van der Waals surface area contributed by atoms with E-state index in [4.69, 9.17) is 0 Å². The summed E-state index contributed by atoms with van der Waals surface area (Å²) in [5.74, 6) is 0.0734. The third-order valence-electron chi connectivity index (χ3n) is 3.33. The predicted molar refractivity (Wildman–Crippen MR) is 86.8 cm³/mol. The van der Waals surface area contributed by atoms with Crippen molar-refractivity contribution in [2.45, 2.75) is 19.8 Å². The molecule has 0 saturated heterocycles. The third-order valence-corrected chi connectivity index (χ3v) is 3.33. The smallest absolute Gasteiger partial charge is 0.255 e. The van der Waals surface area contributed by atoms with Crippen LogP contribution in [-0.2, 0) is 0 Å². The normalized spacial score (nSPS) is 10.3. The van der Waals surface area contributed by atoms with Crippen LogP contribution in [0.25, 0.3) is 0 Å². The van der Waals surface area contributed by atoms with Gasteiger partial charge in [0.1, 0.15) is 11.6 Å². The summed E-state index contributed by atoms with van der Waals surface area (Å²) >= 11 is 0. The molecule has 0 fully saturated rings. The summed E-state index contributed by atoms with van der Waals surface area (Å²) in [7, 11) is 1.99. The molecule has 0 aliphatic rings. The van der Waals surface area contributed by atoms with Gasteiger partial charge >= 0.3 is 0 Å². The van der Waals surface area contributed by atoms with Gasteiger partial charge in [0, 0.05) is 19.2 Å². The topological polar surface area (TPSA) is 45.2 Å². The van der Waals surface area contributed by atoms with Crippen molar-refractivity contribution >= 4 is 17.4 Å². The first-order valence-electron chi connectivity index (χ1n) is 7.34.